The van der Waals surface area contributed by atoms with Crippen LogP contribution in [0.15, 0.2) is 0 Å². The van der Waals surface area contributed by atoms with Crippen LogP contribution in [0.2, 0.25) is 0 Å². The van der Waals surface area contributed by atoms with Crippen molar-refractivity contribution in [3.05, 3.63) is 0 Å². The van der Waals surface area contributed by atoms with Crippen molar-refractivity contribution >= 4 is 5.91 Å². The Balaban J connectivity index is 3.56. The fraction of sp³-hybridized carbons (Fsp3) is 0.857. The van der Waals surface area contributed by atoms with Gasteiger partial charge in [-0.1, -0.05) is 6.92 Å². The average molecular weight is 145 g/mol. The van der Waals surface area contributed by atoms with Gasteiger partial charge in [-0.2, -0.15) is 0 Å². The molecular formula is C7H15NO2. The van der Waals surface area contributed by atoms with E-state index in [4.69, 9.17) is 4.84 Å². The normalized spacial score (nSPS) is 12.8. The minimum absolute atomic E-state index is 0.0692. The van der Waals surface area contributed by atoms with Crippen molar-refractivity contribution in [3.8, 4) is 0 Å². The highest BCUT2D eigenvalue weighted by molar-refractivity contribution is 5.71. The van der Waals surface area contributed by atoms with Gasteiger partial charge in [0.2, 0.25) is 5.91 Å². The second-order valence-corrected chi connectivity index (χ2v) is 2.34. The molecule has 3 heteroatoms. The Kier molecular flexibility index (Phi) is 4.03. The molecule has 0 saturated heterocycles. The Morgan fingerprint density at radius 2 is 2.20 bits per heavy atom. The topological polar surface area (TPSA) is 29.5 Å². The summed E-state index contributed by atoms with van der Waals surface area (Å²) in [5, 5.41) is 1.26. The minimum atomic E-state index is -0.0692. The van der Waals surface area contributed by atoms with Gasteiger partial charge in [0.25, 0.3) is 0 Å². The zero-order chi connectivity index (χ0) is 8.15. The molecule has 0 aliphatic heterocycles. The first kappa shape index (κ1) is 9.43. The predicted octanol–water partition coefficient (Wildman–Crippen LogP) is 1.19. The van der Waals surface area contributed by atoms with E-state index in [1.807, 2.05) is 13.8 Å². The Bertz CT molecular complexity index is 114. The Morgan fingerprint density at radius 3 is 2.50 bits per heavy atom. The van der Waals surface area contributed by atoms with E-state index in [0.29, 0.717) is 0 Å². The number of hydroxylamine groups is 2. The van der Waals surface area contributed by atoms with E-state index in [1.165, 1.54) is 12.0 Å². The molecule has 0 aliphatic rings. The van der Waals surface area contributed by atoms with E-state index in [2.05, 4.69) is 0 Å². The van der Waals surface area contributed by atoms with Crippen LogP contribution in [0.1, 0.15) is 27.2 Å². The maximum atomic E-state index is 10.6. The average Bonchev–Trinajstić information content (AvgIpc) is 1.87. The number of carbonyl (C=O) groups is 1. The smallest absolute Gasteiger partial charge is 0.242 e. The maximum absolute atomic E-state index is 10.6. The van der Waals surface area contributed by atoms with Crippen LogP contribution < -0.4 is 0 Å². The Hall–Kier alpha value is -0.570. The first-order chi connectivity index (χ1) is 4.57. The maximum Gasteiger partial charge on any atom is 0.242 e. The number of nitrogens with zero attached hydrogens (tertiary/aromatic N) is 1. The molecule has 0 aromatic carbocycles. The molecule has 0 rings (SSSR count). The Labute approximate surface area is 61.9 Å². The summed E-state index contributed by atoms with van der Waals surface area (Å²) in [7, 11) is 1.62. The summed E-state index contributed by atoms with van der Waals surface area (Å²) in [5.74, 6) is -0.0692. The molecule has 10 heavy (non-hydrogen) atoms. The SMILES string of the molecule is CCC(C)ON(C)C(C)=O. The predicted molar refractivity (Wildman–Crippen MR) is 39.3 cm³/mol. The van der Waals surface area contributed by atoms with Crippen molar-refractivity contribution in [3.63, 3.8) is 0 Å². The molecule has 0 fully saturated rings. The molecule has 3 nitrogen and oxygen atoms in total. The quantitative estimate of drug-likeness (QED) is 0.558. The number of rotatable bonds is 3. The molecule has 0 aromatic heterocycles. The summed E-state index contributed by atoms with van der Waals surface area (Å²) < 4.78 is 0. The van der Waals surface area contributed by atoms with Gasteiger partial charge in [0.05, 0.1) is 6.10 Å². The highest BCUT2D eigenvalue weighted by Crippen LogP contribution is 1.98. The third kappa shape index (κ3) is 3.45. The second-order valence-electron chi connectivity index (χ2n) is 2.34. The van der Waals surface area contributed by atoms with Crippen molar-refractivity contribution in [2.45, 2.75) is 33.3 Å². The summed E-state index contributed by atoms with van der Waals surface area (Å²) in [6, 6.07) is 0. The van der Waals surface area contributed by atoms with Crippen LogP contribution in [0.3, 0.4) is 0 Å². The third-order valence-electron chi connectivity index (χ3n) is 1.36. The van der Waals surface area contributed by atoms with Gasteiger partial charge in [0, 0.05) is 14.0 Å². The van der Waals surface area contributed by atoms with Crippen LogP contribution in [0.4, 0.5) is 0 Å². The van der Waals surface area contributed by atoms with Gasteiger partial charge in [-0.25, -0.2) is 5.06 Å². The number of carbonyl (C=O) groups excluding carboxylic acids is 1. The molecule has 1 unspecified atom stereocenters. The molecule has 1 atom stereocenters. The van der Waals surface area contributed by atoms with E-state index < -0.39 is 0 Å². The summed E-state index contributed by atoms with van der Waals surface area (Å²) in [4.78, 5) is 15.7. The summed E-state index contributed by atoms with van der Waals surface area (Å²) >= 11 is 0. The summed E-state index contributed by atoms with van der Waals surface area (Å²) in [6.07, 6.45) is 1.03. The molecule has 60 valence electrons. The van der Waals surface area contributed by atoms with Crippen molar-refractivity contribution < 1.29 is 9.63 Å². The van der Waals surface area contributed by atoms with Crippen LogP contribution in [0.25, 0.3) is 0 Å². The Morgan fingerprint density at radius 1 is 1.70 bits per heavy atom. The lowest BCUT2D eigenvalue weighted by Crippen LogP contribution is -2.28. The van der Waals surface area contributed by atoms with Crippen LogP contribution in [-0.2, 0) is 9.63 Å². The minimum Gasteiger partial charge on any atom is -0.273 e. The van der Waals surface area contributed by atoms with E-state index in [-0.39, 0.29) is 12.0 Å². The van der Waals surface area contributed by atoms with Crippen LogP contribution in [-0.4, -0.2) is 24.1 Å². The molecule has 0 spiro atoms. The van der Waals surface area contributed by atoms with Gasteiger partial charge in [-0.05, 0) is 13.3 Å². The number of amides is 1. The van der Waals surface area contributed by atoms with Gasteiger partial charge < -0.3 is 0 Å². The highest BCUT2D eigenvalue weighted by atomic mass is 16.7. The van der Waals surface area contributed by atoms with Crippen molar-refractivity contribution in [2.24, 2.45) is 0 Å². The van der Waals surface area contributed by atoms with Crippen LogP contribution in [0.5, 0.6) is 0 Å². The lowest BCUT2D eigenvalue weighted by atomic mass is 10.3. The van der Waals surface area contributed by atoms with Crippen molar-refractivity contribution in [2.75, 3.05) is 7.05 Å². The zero-order valence-corrected chi connectivity index (χ0v) is 7.05. The fourth-order valence-electron chi connectivity index (χ4n) is 0.419. The fourth-order valence-corrected chi connectivity index (χ4v) is 0.419. The van der Waals surface area contributed by atoms with Crippen LogP contribution >= 0.6 is 0 Å². The first-order valence-electron chi connectivity index (χ1n) is 3.49. The highest BCUT2D eigenvalue weighted by Gasteiger charge is 2.05. The molecule has 0 radical (unpaired) electrons. The third-order valence-corrected chi connectivity index (χ3v) is 1.36. The lowest BCUT2D eigenvalue weighted by molar-refractivity contribution is -0.191. The first-order valence-corrected chi connectivity index (χ1v) is 3.49. The van der Waals surface area contributed by atoms with E-state index >= 15 is 0 Å². The van der Waals surface area contributed by atoms with Gasteiger partial charge >= 0.3 is 0 Å². The lowest BCUT2D eigenvalue weighted by Gasteiger charge is -2.18. The monoisotopic (exact) mass is 145 g/mol. The van der Waals surface area contributed by atoms with E-state index in [0.717, 1.165) is 6.42 Å². The molecule has 0 saturated carbocycles. The molecule has 0 aliphatic carbocycles. The van der Waals surface area contributed by atoms with E-state index in [1.54, 1.807) is 7.05 Å². The number of hydrogen-bond acceptors (Lipinski definition) is 2. The molecule has 0 heterocycles. The van der Waals surface area contributed by atoms with E-state index in [9.17, 15) is 4.79 Å². The van der Waals surface area contributed by atoms with Gasteiger partial charge in [-0.3, -0.25) is 9.63 Å². The largest absolute Gasteiger partial charge is 0.273 e. The summed E-state index contributed by atoms with van der Waals surface area (Å²) in [6.45, 7) is 5.42. The molecule has 1 amide bonds. The van der Waals surface area contributed by atoms with Gasteiger partial charge in [0.1, 0.15) is 0 Å². The van der Waals surface area contributed by atoms with Crippen LogP contribution in [0, 0.1) is 0 Å². The zero-order valence-electron chi connectivity index (χ0n) is 7.05. The number of hydrogen-bond donors (Lipinski definition) is 0. The second kappa shape index (κ2) is 4.28. The molecule has 0 bridgehead atoms. The van der Waals surface area contributed by atoms with Gasteiger partial charge in [-0.15, -0.1) is 0 Å². The molecule has 0 N–H and O–H groups in total. The van der Waals surface area contributed by atoms with Crippen molar-refractivity contribution in [1.29, 1.82) is 0 Å². The van der Waals surface area contributed by atoms with Crippen molar-refractivity contribution in [1.82, 2.24) is 5.06 Å². The standard InChI is InChI=1S/C7H15NO2/c1-5-6(2)10-8(4)7(3)9/h6H,5H2,1-4H3. The molecule has 0 aromatic rings. The van der Waals surface area contributed by atoms with Gasteiger partial charge in [0.15, 0.2) is 0 Å². The summed E-state index contributed by atoms with van der Waals surface area (Å²) in [5.41, 5.74) is 0. The molecular weight excluding hydrogens is 130 g/mol.